The number of hydrogen-bond donors (Lipinski definition) is 19. The molecule has 1 aromatic carbocycles. The van der Waals surface area contributed by atoms with E-state index in [1.165, 1.54) is 45.9 Å². The molecule has 0 saturated carbocycles. The number of aliphatic hydroxyl groups is 1. The number of aromatic amines is 1. The van der Waals surface area contributed by atoms with E-state index < -0.39 is 180 Å². The number of thiol groups is 1. The van der Waals surface area contributed by atoms with Gasteiger partial charge in [0, 0.05) is 69.6 Å². The number of hydrogen-bond acceptors (Lipinski definition) is 21. The number of amides is 14. The lowest BCUT2D eigenvalue weighted by Gasteiger charge is -2.33. The summed E-state index contributed by atoms with van der Waals surface area (Å²) in [6.45, 7) is 7.63. The summed E-state index contributed by atoms with van der Waals surface area (Å²) in [6.07, 6.45) is 6.62. The topological polar surface area (TPSA) is 596 Å². The molecular formula is C72H112N22O17S2. The molecule has 0 bridgehead atoms. The number of benzene rings is 1. The van der Waals surface area contributed by atoms with Crippen LogP contribution in [0.4, 0.5) is 0 Å². The molecule has 113 heavy (non-hydrogen) atoms. The number of carbonyl (C=O) groups is 15. The number of carboxylic acids is 1. The van der Waals surface area contributed by atoms with Crippen molar-refractivity contribution in [2.75, 3.05) is 57.1 Å². The van der Waals surface area contributed by atoms with Crippen molar-refractivity contribution in [1.82, 2.24) is 83.2 Å². The first-order valence-electron chi connectivity index (χ1n) is 38.1. The van der Waals surface area contributed by atoms with Gasteiger partial charge in [-0.15, -0.1) is 0 Å². The predicted octanol–water partition coefficient (Wildman–Crippen LogP) is -5.12. The SMILES string of the molecule is CSCC[C@H](NC(=O)[C@H](CS)NC(=O)[C@H](CCCN=C(N)N)NC(=O)[C@H](CCCN=C(N)N)NC(=O)[C@@H]1CCC(=O)N1)C(=O)N1CCC[C@H]1C(=O)N[C@@H](CC(C)C)C(=O)N[C@@H](Cc1cnc[nH]1)C(=O)N[C@@H](CO)C(=O)N[C@@H](C)C(=O)N[C@H](C(=O)N1CCC[C@H]1C(=O)N[C@@H](Cc1ccccc1)C(=O)N1CCC[C@H]1C(=O)O)C(C)C. The Morgan fingerprint density at radius 1 is 0.566 bits per heavy atom. The fourth-order valence-electron chi connectivity index (χ4n) is 13.6. The molecular weight excluding hydrogens is 1510 g/mol. The minimum atomic E-state index is -1.74. The van der Waals surface area contributed by atoms with Gasteiger partial charge in [0.25, 0.3) is 0 Å². The predicted molar refractivity (Wildman–Crippen MR) is 418 cm³/mol. The van der Waals surface area contributed by atoms with E-state index in [1.54, 1.807) is 64.3 Å². The molecule has 2 aromatic rings. The molecule has 39 nitrogen and oxygen atoms in total. The first kappa shape index (κ1) is 91.6. The Bertz CT molecular complexity index is 3700. The van der Waals surface area contributed by atoms with Crippen LogP contribution in [0.25, 0.3) is 0 Å². The maximum atomic E-state index is 14.8. The van der Waals surface area contributed by atoms with Crippen molar-refractivity contribution >= 4 is 125 Å². The molecule has 4 aliphatic rings. The molecule has 6 rings (SSSR count). The van der Waals surface area contributed by atoms with E-state index in [-0.39, 0.29) is 146 Å². The zero-order valence-corrected chi connectivity index (χ0v) is 66.3. The Labute approximate surface area is 665 Å². The average Bonchev–Trinajstić information content (AvgIpc) is 1.72. The van der Waals surface area contributed by atoms with Gasteiger partial charge in [0.15, 0.2) is 11.9 Å². The molecule has 4 aliphatic heterocycles. The second kappa shape index (κ2) is 45.4. The number of thioether (sulfide) groups is 1. The molecule has 0 unspecified atom stereocenters. The van der Waals surface area contributed by atoms with Crippen LogP contribution in [0.15, 0.2) is 52.8 Å². The van der Waals surface area contributed by atoms with Gasteiger partial charge in [0.2, 0.25) is 82.7 Å². The highest BCUT2D eigenvalue weighted by atomic mass is 32.2. The molecule has 14 amide bonds. The van der Waals surface area contributed by atoms with Crippen LogP contribution < -0.4 is 81.4 Å². The largest absolute Gasteiger partial charge is 0.480 e. The standard InChI is InChI=1S/C72H112N22O17S2/c1-38(2)31-47(87-65(105)52-19-12-27-92(52)67(107)46(24-30-113-6)85-64(104)51(36-112)90-59(99)44(18-11-26-79-72(75)76)83-58(98)43(17-10-25-78-71(73)74)84-60(100)45-22-23-55(96)82-45)61(101)86-48(33-42-34-77-37-80-42)62(102)89-50(35-95)63(103)81-40(5)57(97)91-56(39(3)4)69(109)93-28-13-20-53(93)66(106)88-49(32-41-15-8-7-9-16-41)68(108)94-29-14-21-54(94)70(110)111/h7-9,15-16,34,37-40,43-54,56,95,112H,10-14,17-33,35-36H2,1-6H3,(H,77,80)(H,81,103)(H,82,96)(H,83,98)(H,84,100)(H,85,104)(H,86,101)(H,87,105)(H,88,106)(H,89,102)(H,90,99)(H,91,97)(H,110,111)(H4,73,74,78)(H4,75,76,79)/t40-,43-,44-,45-,46-,47-,48-,49-,50-,51-,52-,53-,54-,56-/m0/s1. The lowest BCUT2D eigenvalue weighted by atomic mass is 10.0. The number of nitrogens with two attached hydrogens (primary N) is 4. The number of carbonyl (C=O) groups excluding carboxylic acids is 14. The van der Waals surface area contributed by atoms with Crippen LogP contribution in [0.2, 0.25) is 0 Å². The van der Waals surface area contributed by atoms with Gasteiger partial charge >= 0.3 is 5.97 Å². The van der Waals surface area contributed by atoms with Crippen molar-refractivity contribution in [3.05, 3.63) is 54.1 Å². The van der Waals surface area contributed by atoms with Gasteiger partial charge < -0.3 is 111 Å². The highest BCUT2D eigenvalue weighted by molar-refractivity contribution is 7.98. The van der Waals surface area contributed by atoms with Crippen LogP contribution in [-0.2, 0) is 84.8 Å². The normalized spacial score (nSPS) is 19.2. The third-order valence-corrected chi connectivity index (χ3v) is 20.7. The Balaban J connectivity index is 1.10. The Morgan fingerprint density at radius 3 is 1.58 bits per heavy atom. The molecule has 5 heterocycles. The molecule has 624 valence electrons. The number of rotatable bonds is 44. The van der Waals surface area contributed by atoms with Gasteiger partial charge in [-0.25, -0.2) is 9.78 Å². The minimum Gasteiger partial charge on any atom is -0.480 e. The molecule has 4 saturated heterocycles. The van der Waals surface area contributed by atoms with E-state index in [9.17, 15) is 82.1 Å². The zero-order valence-electron chi connectivity index (χ0n) is 64.6. The third kappa shape index (κ3) is 28.1. The first-order chi connectivity index (χ1) is 53.7. The van der Waals surface area contributed by atoms with Crippen LogP contribution in [0.1, 0.15) is 136 Å². The lowest BCUT2D eigenvalue weighted by molar-refractivity contribution is -0.150. The van der Waals surface area contributed by atoms with Crippen molar-refractivity contribution in [3.8, 4) is 0 Å². The van der Waals surface area contributed by atoms with Crippen molar-refractivity contribution in [2.45, 2.75) is 222 Å². The summed E-state index contributed by atoms with van der Waals surface area (Å²) in [7, 11) is 0. The zero-order chi connectivity index (χ0) is 83.2. The van der Waals surface area contributed by atoms with E-state index in [0.717, 1.165) is 0 Å². The number of nitrogens with zero attached hydrogens (tertiary/aromatic N) is 6. The van der Waals surface area contributed by atoms with E-state index in [1.807, 2.05) is 0 Å². The molecule has 1 aromatic heterocycles. The van der Waals surface area contributed by atoms with Gasteiger partial charge in [-0.1, -0.05) is 58.0 Å². The highest BCUT2D eigenvalue weighted by Gasteiger charge is 2.45. The van der Waals surface area contributed by atoms with Crippen molar-refractivity contribution < 1.29 is 82.1 Å². The molecule has 4 fully saturated rings. The number of aliphatic imine (C=N–C) groups is 2. The number of aliphatic carboxylic acids is 1. The summed E-state index contributed by atoms with van der Waals surface area (Å²) in [5.74, 6) is -12.9. The highest BCUT2D eigenvalue weighted by Crippen LogP contribution is 2.25. The monoisotopic (exact) mass is 1620 g/mol. The van der Waals surface area contributed by atoms with Crippen LogP contribution in [-0.4, -0.2) is 277 Å². The second-order valence-electron chi connectivity index (χ2n) is 29.2. The van der Waals surface area contributed by atoms with Crippen LogP contribution >= 0.6 is 24.4 Å². The summed E-state index contributed by atoms with van der Waals surface area (Å²) in [6, 6.07) is -9.14. The van der Waals surface area contributed by atoms with Gasteiger partial charge in [-0.05, 0) is 120 Å². The van der Waals surface area contributed by atoms with E-state index in [0.29, 0.717) is 36.3 Å². The first-order valence-corrected chi connectivity index (χ1v) is 40.1. The van der Waals surface area contributed by atoms with Gasteiger partial charge in [0.05, 0.1) is 12.9 Å². The van der Waals surface area contributed by atoms with Crippen LogP contribution in [0, 0.1) is 11.8 Å². The molecule has 14 atom stereocenters. The number of nitrogens with one attached hydrogen (secondary N) is 12. The average molecular weight is 1620 g/mol. The third-order valence-electron chi connectivity index (χ3n) is 19.7. The van der Waals surface area contributed by atoms with Crippen LogP contribution in [0.5, 0.6) is 0 Å². The quantitative estimate of drug-likeness (QED) is 0.0128. The van der Waals surface area contributed by atoms with E-state index in [4.69, 9.17) is 22.9 Å². The lowest BCUT2D eigenvalue weighted by Crippen LogP contribution is -2.61. The summed E-state index contributed by atoms with van der Waals surface area (Å²) >= 11 is 5.73. The molecule has 0 spiro atoms. The number of H-pyrrole nitrogens is 1. The molecule has 41 heteroatoms. The van der Waals surface area contributed by atoms with E-state index in [2.05, 4.69) is 91.1 Å². The maximum absolute atomic E-state index is 14.8. The second-order valence-corrected chi connectivity index (χ2v) is 30.5. The minimum absolute atomic E-state index is 0.00433. The molecule has 0 aliphatic carbocycles. The number of imidazole rings is 1. The van der Waals surface area contributed by atoms with Gasteiger partial charge in [-0.2, -0.15) is 24.4 Å². The number of guanidine groups is 2. The van der Waals surface area contributed by atoms with Crippen molar-refractivity contribution in [1.29, 1.82) is 0 Å². The Kier molecular flexibility index (Phi) is 36.8. The number of likely N-dealkylation sites (tertiary alicyclic amines) is 3. The van der Waals surface area contributed by atoms with Crippen molar-refractivity contribution in [2.24, 2.45) is 44.8 Å². The summed E-state index contributed by atoms with van der Waals surface area (Å²) in [4.78, 5) is 228. The summed E-state index contributed by atoms with van der Waals surface area (Å²) < 4.78 is 0. The number of aromatic nitrogens is 2. The van der Waals surface area contributed by atoms with E-state index >= 15 is 0 Å². The summed E-state index contributed by atoms with van der Waals surface area (Å²) in [5.41, 5.74) is 23.1. The molecule has 22 N–H and O–H groups in total. The van der Waals surface area contributed by atoms with Gasteiger partial charge in [-0.3, -0.25) is 77.1 Å². The van der Waals surface area contributed by atoms with Crippen molar-refractivity contribution in [3.63, 3.8) is 0 Å². The van der Waals surface area contributed by atoms with Gasteiger partial charge in [0.1, 0.15) is 84.6 Å². The maximum Gasteiger partial charge on any atom is 0.326 e. The fourth-order valence-corrected chi connectivity index (χ4v) is 14.4. The van der Waals surface area contributed by atoms with Crippen LogP contribution in [0.3, 0.4) is 0 Å². The summed E-state index contributed by atoms with van der Waals surface area (Å²) in [5, 5.41) is 49.5. The Morgan fingerprint density at radius 2 is 1.05 bits per heavy atom. The smallest absolute Gasteiger partial charge is 0.326 e. The Hall–Kier alpha value is -10.3. The number of carboxylic acid groups (broad SMARTS) is 1. The molecule has 0 radical (unpaired) electrons. The number of aliphatic hydroxyl groups excluding tert-OH is 1. The fraction of sp³-hybridized carbons (Fsp3) is 0.639.